The highest BCUT2D eigenvalue weighted by Gasteiger charge is 2.24. The maximum absolute atomic E-state index is 11.8. The lowest BCUT2D eigenvalue weighted by Gasteiger charge is -2.31. The van der Waals surface area contributed by atoms with E-state index < -0.39 is 0 Å². The molecule has 0 saturated heterocycles. The van der Waals surface area contributed by atoms with Crippen LogP contribution in [0, 0.1) is 0 Å². The maximum Gasteiger partial charge on any atom is 0.253 e. The van der Waals surface area contributed by atoms with Crippen LogP contribution in [0.4, 0.5) is 0 Å². The van der Waals surface area contributed by atoms with Crippen LogP contribution >= 0.6 is 0 Å². The minimum absolute atomic E-state index is 0.0856. The molecule has 0 atom stereocenters. The van der Waals surface area contributed by atoms with E-state index in [1.54, 1.807) is 0 Å². The molecule has 0 aromatic heterocycles. The largest absolute Gasteiger partial charge is 0.375 e. The molecule has 0 unspecified atom stereocenters. The van der Waals surface area contributed by atoms with Gasteiger partial charge >= 0.3 is 0 Å². The van der Waals surface area contributed by atoms with Gasteiger partial charge in [0.25, 0.3) is 11.8 Å². The van der Waals surface area contributed by atoms with Crippen LogP contribution in [0.15, 0.2) is 12.2 Å². The number of hydrogen-bond acceptors (Lipinski definition) is 5. The molecule has 1 N–H and O–H groups in total. The molecule has 0 saturated carbocycles. The average Bonchev–Trinajstić information content (AvgIpc) is 2.94. The summed E-state index contributed by atoms with van der Waals surface area (Å²) in [5.74, 6) is -0.960. The first-order chi connectivity index (χ1) is 12.6. The summed E-state index contributed by atoms with van der Waals surface area (Å²) in [5.41, 5.74) is -0.426. The van der Waals surface area contributed by atoms with Crippen molar-refractivity contribution in [2.24, 2.45) is 0 Å². The Kier molecular flexibility index (Phi) is 9.12. The van der Waals surface area contributed by atoms with E-state index in [-0.39, 0.29) is 41.9 Å². The number of nitrogens with zero attached hydrogens (tertiary/aromatic N) is 1. The van der Waals surface area contributed by atoms with Gasteiger partial charge in [0.2, 0.25) is 5.91 Å². The second kappa shape index (κ2) is 10.6. The molecule has 0 aromatic rings. The number of hydrogen-bond donors (Lipinski definition) is 1. The topological polar surface area (TPSA) is 84.9 Å². The molecule has 7 nitrogen and oxygen atoms in total. The Labute approximate surface area is 162 Å². The summed E-state index contributed by atoms with van der Waals surface area (Å²) >= 11 is 0. The monoisotopic (exact) mass is 382 g/mol. The van der Waals surface area contributed by atoms with Gasteiger partial charge in [0.05, 0.1) is 24.4 Å². The third-order valence-corrected chi connectivity index (χ3v) is 5.03. The second-order valence-electron chi connectivity index (χ2n) is 7.63. The van der Waals surface area contributed by atoms with Gasteiger partial charge in [-0.25, -0.2) is 0 Å². The number of carbonyl (C=O) groups excluding carboxylic acids is 3. The summed E-state index contributed by atoms with van der Waals surface area (Å²) in [6.07, 6.45) is 5.22. The summed E-state index contributed by atoms with van der Waals surface area (Å²) in [6, 6.07) is 0. The van der Waals surface area contributed by atoms with Crippen LogP contribution in [0.1, 0.15) is 60.3 Å². The number of rotatable bonds is 13. The molecule has 0 aromatic carbocycles. The summed E-state index contributed by atoms with van der Waals surface area (Å²) in [7, 11) is 0. The lowest BCUT2D eigenvalue weighted by molar-refractivity contribution is -0.137. The van der Waals surface area contributed by atoms with Crippen LogP contribution in [0.3, 0.4) is 0 Å². The third kappa shape index (κ3) is 8.22. The zero-order valence-corrected chi connectivity index (χ0v) is 17.3. The molecule has 0 fully saturated rings. The Hall–Kier alpha value is -1.73. The molecule has 1 heterocycles. The molecule has 0 bridgehead atoms. The zero-order chi connectivity index (χ0) is 20.5. The van der Waals surface area contributed by atoms with Crippen molar-refractivity contribution >= 4 is 17.7 Å². The molecule has 154 valence electrons. The number of imide groups is 1. The molecule has 0 spiro atoms. The Morgan fingerprint density at radius 1 is 1.04 bits per heavy atom. The van der Waals surface area contributed by atoms with E-state index in [1.165, 1.54) is 12.2 Å². The van der Waals surface area contributed by atoms with E-state index >= 15 is 0 Å². The van der Waals surface area contributed by atoms with Crippen molar-refractivity contribution in [2.45, 2.75) is 71.5 Å². The molecule has 1 aliphatic rings. The summed E-state index contributed by atoms with van der Waals surface area (Å²) in [4.78, 5) is 35.7. The Morgan fingerprint density at radius 2 is 1.63 bits per heavy atom. The van der Waals surface area contributed by atoms with Crippen molar-refractivity contribution < 1.29 is 23.9 Å². The van der Waals surface area contributed by atoms with E-state index in [0.29, 0.717) is 19.8 Å². The van der Waals surface area contributed by atoms with Crippen molar-refractivity contribution in [1.29, 1.82) is 0 Å². The molecule has 7 heteroatoms. The molecule has 3 amide bonds. The van der Waals surface area contributed by atoms with Gasteiger partial charge in [-0.1, -0.05) is 13.8 Å². The first-order valence-corrected chi connectivity index (χ1v) is 9.70. The van der Waals surface area contributed by atoms with Crippen molar-refractivity contribution in [3.63, 3.8) is 0 Å². The lowest BCUT2D eigenvalue weighted by atomic mass is 9.99. The van der Waals surface area contributed by atoms with Crippen LogP contribution in [0.2, 0.25) is 0 Å². The number of ether oxygens (including phenoxy) is 2. The molecule has 27 heavy (non-hydrogen) atoms. The summed E-state index contributed by atoms with van der Waals surface area (Å²) in [5, 5.41) is 2.74. The lowest BCUT2D eigenvalue weighted by Crippen LogP contribution is -2.37. The van der Waals surface area contributed by atoms with Gasteiger partial charge in [0.1, 0.15) is 0 Å². The van der Waals surface area contributed by atoms with Crippen LogP contribution in [0.25, 0.3) is 0 Å². The molecular weight excluding hydrogens is 348 g/mol. The van der Waals surface area contributed by atoms with Gasteiger partial charge < -0.3 is 14.8 Å². The molecule has 1 aliphatic heterocycles. The molecule has 1 rings (SSSR count). The van der Waals surface area contributed by atoms with Crippen LogP contribution in [-0.2, 0) is 23.9 Å². The van der Waals surface area contributed by atoms with Crippen molar-refractivity contribution in [1.82, 2.24) is 10.2 Å². The first-order valence-electron chi connectivity index (χ1n) is 9.70. The Bertz CT molecular complexity index is 535. The second-order valence-corrected chi connectivity index (χ2v) is 7.63. The fraction of sp³-hybridized carbons (Fsp3) is 0.750. The fourth-order valence-corrected chi connectivity index (χ4v) is 2.54. The van der Waals surface area contributed by atoms with E-state index in [0.717, 1.165) is 24.2 Å². The number of amides is 3. The van der Waals surface area contributed by atoms with E-state index in [1.807, 2.05) is 13.8 Å². The quantitative estimate of drug-likeness (QED) is 0.390. The predicted octanol–water partition coefficient (Wildman–Crippen LogP) is 2.20. The average molecular weight is 383 g/mol. The van der Waals surface area contributed by atoms with Crippen molar-refractivity contribution in [3.8, 4) is 0 Å². The van der Waals surface area contributed by atoms with E-state index in [2.05, 4.69) is 26.1 Å². The molecule has 0 aliphatic carbocycles. The van der Waals surface area contributed by atoms with E-state index in [4.69, 9.17) is 9.47 Å². The SMILES string of the molecule is CCC(C)(CC)OCCC(C)(C)OCCNC(=O)CCN1C(=O)C=CC1=O. The van der Waals surface area contributed by atoms with Gasteiger partial charge in [-0.15, -0.1) is 0 Å². The minimum Gasteiger partial charge on any atom is -0.375 e. The molecular formula is C20H34N2O5. The minimum atomic E-state index is -0.373. The van der Waals surface area contributed by atoms with Gasteiger partial charge in [0, 0.05) is 31.7 Å². The normalized spacial score (nSPS) is 14.9. The van der Waals surface area contributed by atoms with Gasteiger partial charge in [0.15, 0.2) is 0 Å². The third-order valence-electron chi connectivity index (χ3n) is 5.03. The first kappa shape index (κ1) is 23.3. The Morgan fingerprint density at radius 3 is 2.19 bits per heavy atom. The number of nitrogens with one attached hydrogen (secondary N) is 1. The highest BCUT2D eigenvalue weighted by molar-refractivity contribution is 6.13. The van der Waals surface area contributed by atoms with Crippen molar-refractivity contribution in [2.75, 3.05) is 26.3 Å². The standard InChI is InChI=1S/C20H34N2O5/c1-6-20(5,7-2)27-14-11-19(3,4)26-15-12-21-16(23)10-13-22-17(24)8-9-18(22)25/h8-9H,6-7,10-15H2,1-5H3,(H,21,23). The van der Waals surface area contributed by atoms with Gasteiger partial charge in [-0.3, -0.25) is 19.3 Å². The molecule has 0 radical (unpaired) electrons. The Balaban J connectivity index is 2.17. The predicted molar refractivity (Wildman–Crippen MR) is 103 cm³/mol. The van der Waals surface area contributed by atoms with E-state index in [9.17, 15) is 14.4 Å². The highest BCUT2D eigenvalue weighted by Crippen LogP contribution is 2.22. The summed E-state index contributed by atoms with van der Waals surface area (Å²) < 4.78 is 11.8. The van der Waals surface area contributed by atoms with Crippen LogP contribution in [0.5, 0.6) is 0 Å². The number of carbonyl (C=O) groups is 3. The van der Waals surface area contributed by atoms with Gasteiger partial charge in [-0.05, 0) is 40.0 Å². The van der Waals surface area contributed by atoms with Crippen LogP contribution < -0.4 is 5.32 Å². The van der Waals surface area contributed by atoms with Crippen LogP contribution in [-0.4, -0.2) is 60.1 Å². The van der Waals surface area contributed by atoms with Gasteiger partial charge in [-0.2, -0.15) is 0 Å². The smallest absolute Gasteiger partial charge is 0.253 e. The highest BCUT2D eigenvalue weighted by atomic mass is 16.5. The van der Waals surface area contributed by atoms with Crippen molar-refractivity contribution in [3.05, 3.63) is 12.2 Å². The fourth-order valence-electron chi connectivity index (χ4n) is 2.54. The summed E-state index contributed by atoms with van der Waals surface area (Å²) in [6.45, 7) is 11.9. The zero-order valence-electron chi connectivity index (χ0n) is 17.3. The maximum atomic E-state index is 11.8.